The van der Waals surface area contributed by atoms with Gasteiger partial charge in [-0.25, -0.2) is 0 Å². The first kappa shape index (κ1) is 13.0. The van der Waals surface area contributed by atoms with Crippen molar-refractivity contribution in [3.05, 3.63) is 58.6 Å². The first-order chi connectivity index (χ1) is 8.81. The van der Waals surface area contributed by atoms with Crippen LogP contribution < -0.4 is 10.1 Å². The van der Waals surface area contributed by atoms with Gasteiger partial charge in [-0.2, -0.15) is 0 Å². The van der Waals surface area contributed by atoms with Gasteiger partial charge in [0, 0.05) is 11.0 Å². The van der Waals surface area contributed by atoms with Gasteiger partial charge < -0.3 is 10.1 Å². The molecule has 0 atom stereocenters. The molecule has 0 amide bonds. The maximum atomic E-state index is 5.58. The summed E-state index contributed by atoms with van der Waals surface area (Å²) in [5.41, 5.74) is 2.25. The van der Waals surface area contributed by atoms with Crippen LogP contribution in [0.4, 0.5) is 5.69 Å². The summed E-state index contributed by atoms with van der Waals surface area (Å²) in [5.74, 6) is 0.895. The lowest BCUT2D eigenvalue weighted by molar-refractivity contribution is 0.341. The molecule has 0 spiro atoms. The minimum Gasteiger partial charge on any atom is -0.492 e. The molecule has 2 nitrogen and oxygen atoms in total. The van der Waals surface area contributed by atoms with E-state index in [0.29, 0.717) is 6.61 Å². The van der Waals surface area contributed by atoms with E-state index in [2.05, 4.69) is 27.3 Å². The van der Waals surface area contributed by atoms with Gasteiger partial charge in [0.1, 0.15) is 5.75 Å². The molecule has 94 valence electrons. The van der Waals surface area contributed by atoms with Crippen molar-refractivity contribution in [1.82, 2.24) is 0 Å². The van der Waals surface area contributed by atoms with Gasteiger partial charge in [-0.15, -0.1) is 0 Å². The molecule has 0 radical (unpaired) electrons. The van der Waals surface area contributed by atoms with Crippen LogP contribution in [0.25, 0.3) is 0 Å². The highest BCUT2D eigenvalue weighted by Gasteiger charge is 2.03. The zero-order chi connectivity index (χ0) is 12.8. The molecule has 0 saturated heterocycles. The summed E-state index contributed by atoms with van der Waals surface area (Å²) in [6.07, 6.45) is 0. The number of hydrogen-bond donors (Lipinski definition) is 1. The Morgan fingerprint density at radius 2 is 1.78 bits per heavy atom. The van der Waals surface area contributed by atoms with E-state index in [1.165, 1.54) is 5.56 Å². The Morgan fingerprint density at radius 1 is 1.06 bits per heavy atom. The first-order valence-electron chi connectivity index (χ1n) is 6.00. The van der Waals surface area contributed by atoms with E-state index in [4.69, 9.17) is 4.74 Å². The van der Waals surface area contributed by atoms with E-state index in [-0.39, 0.29) is 0 Å². The number of halogens is 1. The van der Waals surface area contributed by atoms with Crippen molar-refractivity contribution in [2.45, 2.75) is 13.5 Å². The van der Waals surface area contributed by atoms with Gasteiger partial charge in [0.15, 0.2) is 0 Å². The van der Waals surface area contributed by atoms with Crippen molar-refractivity contribution in [1.29, 1.82) is 0 Å². The van der Waals surface area contributed by atoms with E-state index in [9.17, 15) is 0 Å². The van der Waals surface area contributed by atoms with E-state index >= 15 is 0 Å². The number of nitrogens with one attached hydrogen (secondary N) is 1. The van der Waals surface area contributed by atoms with Crippen LogP contribution in [-0.2, 0) is 6.54 Å². The van der Waals surface area contributed by atoms with Crippen LogP contribution in [0.2, 0.25) is 0 Å². The van der Waals surface area contributed by atoms with E-state index in [0.717, 1.165) is 22.5 Å². The van der Waals surface area contributed by atoms with Gasteiger partial charge in [0.25, 0.3) is 0 Å². The summed E-state index contributed by atoms with van der Waals surface area (Å²) >= 11 is 3.55. The van der Waals surface area contributed by atoms with Crippen LogP contribution >= 0.6 is 15.9 Å². The molecule has 0 saturated carbocycles. The van der Waals surface area contributed by atoms with Crippen molar-refractivity contribution in [2.24, 2.45) is 0 Å². The smallest absolute Gasteiger partial charge is 0.142 e. The van der Waals surface area contributed by atoms with Crippen LogP contribution in [0.5, 0.6) is 5.75 Å². The highest BCUT2D eigenvalue weighted by atomic mass is 79.9. The average molecular weight is 306 g/mol. The summed E-state index contributed by atoms with van der Waals surface area (Å²) in [4.78, 5) is 0. The second-order valence-corrected chi connectivity index (χ2v) is 4.73. The summed E-state index contributed by atoms with van der Waals surface area (Å²) in [7, 11) is 0. The highest BCUT2D eigenvalue weighted by molar-refractivity contribution is 9.10. The molecule has 3 heteroatoms. The molecule has 18 heavy (non-hydrogen) atoms. The summed E-state index contributed by atoms with van der Waals surface area (Å²) < 4.78 is 6.70. The molecule has 0 unspecified atom stereocenters. The molecular weight excluding hydrogens is 290 g/mol. The van der Waals surface area contributed by atoms with Gasteiger partial charge in [0.05, 0.1) is 12.3 Å². The second-order valence-electron chi connectivity index (χ2n) is 3.87. The lowest BCUT2D eigenvalue weighted by Crippen LogP contribution is -2.03. The Morgan fingerprint density at radius 3 is 2.56 bits per heavy atom. The Labute approximate surface area is 116 Å². The van der Waals surface area contributed by atoms with Gasteiger partial charge in [-0.1, -0.05) is 46.3 Å². The fourth-order valence-corrected chi connectivity index (χ4v) is 2.15. The maximum Gasteiger partial charge on any atom is 0.142 e. The van der Waals surface area contributed by atoms with Crippen LogP contribution in [0.15, 0.2) is 53.0 Å². The monoisotopic (exact) mass is 305 g/mol. The Hall–Kier alpha value is -1.48. The third-order valence-corrected chi connectivity index (χ3v) is 3.39. The Bertz CT molecular complexity index is 513. The van der Waals surface area contributed by atoms with Gasteiger partial charge >= 0.3 is 0 Å². The molecule has 1 N–H and O–H groups in total. The van der Waals surface area contributed by atoms with E-state index in [1.54, 1.807) is 0 Å². The number of anilines is 1. The van der Waals surface area contributed by atoms with Crippen LogP contribution in [-0.4, -0.2) is 6.61 Å². The third-order valence-electron chi connectivity index (χ3n) is 2.61. The summed E-state index contributed by atoms with van der Waals surface area (Å²) in [6, 6.07) is 16.2. The van der Waals surface area contributed by atoms with Gasteiger partial charge in [-0.05, 0) is 30.7 Å². The molecule has 0 heterocycles. The van der Waals surface area contributed by atoms with Crippen molar-refractivity contribution >= 4 is 21.6 Å². The first-order valence-corrected chi connectivity index (χ1v) is 6.79. The lowest BCUT2D eigenvalue weighted by Gasteiger charge is -2.12. The molecular formula is C15H16BrNO. The third kappa shape index (κ3) is 3.26. The van der Waals surface area contributed by atoms with Crippen molar-refractivity contribution in [2.75, 3.05) is 11.9 Å². The standard InChI is InChI=1S/C15H16BrNO/c1-2-18-15-10-6-5-9-14(15)17-11-12-7-3-4-8-13(12)16/h3-10,17H,2,11H2,1H3. The van der Waals surface area contributed by atoms with Crippen LogP contribution in [0.1, 0.15) is 12.5 Å². The predicted octanol–water partition coefficient (Wildman–Crippen LogP) is 4.46. The lowest BCUT2D eigenvalue weighted by atomic mass is 10.2. The number of rotatable bonds is 5. The minimum atomic E-state index is 0.674. The number of para-hydroxylation sites is 2. The highest BCUT2D eigenvalue weighted by Crippen LogP contribution is 2.25. The molecule has 0 bridgehead atoms. The molecule has 2 aromatic rings. The average Bonchev–Trinajstić information content (AvgIpc) is 2.40. The molecule has 0 fully saturated rings. The molecule has 0 aliphatic heterocycles. The van der Waals surface area contributed by atoms with Crippen LogP contribution in [0.3, 0.4) is 0 Å². The topological polar surface area (TPSA) is 21.3 Å². The van der Waals surface area contributed by atoms with Crippen LogP contribution in [0, 0.1) is 0 Å². The zero-order valence-electron chi connectivity index (χ0n) is 10.3. The van der Waals surface area contributed by atoms with E-state index in [1.807, 2.05) is 49.4 Å². The number of hydrogen-bond acceptors (Lipinski definition) is 2. The van der Waals surface area contributed by atoms with Crippen molar-refractivity contribution in [3.8, 4) is 5.75 Å². The molecule has 2 rings (SSSR count). The second kappa shape index (κ2) is 6.45. The predicted molar refractivity (Wildman–Crippen MR) is 79.1 cm³/mol. The Balaban J connectivity index is 2.08. The summed E-state index contributed by atoms with van der Waals surface area (Å²) in [6.45, 7) is 3.43. The fraction of sp³-hybridized carbons (Fsp3) is 0.200. The summed E-state index contributed by atoms with van der Waals surface area (Å²) in [5, 5.41) is 3.40. The minimum absolute atomic E-state index is 0.674. The zero-order valence-corrected chi connectivity index (χ0v) is 11.9. The molecule has 0 aliphatic carbocycles. The molecule has 2 aromatic carbocycles. The Kier molecular flexibility index (Phi) is 4.65. The molecule has 0 aliphatic rings. The normalized spacial score (nSPS) is 10.1. The quantitative estimate of drug-likeness (QED) is 0.880. The van der Waals surface area contributed by atoms with E-state index < -0.39 is 0 Å². The maximum absolute atomic E-state index is 5.58. The SMILES string of the molecule is CCOc1ccccc1NCc1ccccc1Br. The largest absolute Gasteiger partial charge is 0.492 e. The van der Waals surface area contributed by atoms with Crippen molar-refractivity contribution < 1.29 is 4.74 Å². The number of ether oxygens (including phenoxy) is 1. The number of benzene rings is 2. The van der Waals surface area contributed by atoms with Crippen molar-refractivity contribution in [3.63, 3.8) is 0 Å². The molecule has 0 aromatic heterocycles. The fourth-order valence-electron chi connectivity index (χ4n) is 1.73. The van der Waals surface area contributed by atoms with Gasteiger partial charge in [0.2, 0.25) is 0 Å². The van der Waals surface area contributed by atoms with Gasteiger partial charge in [-0.3, -0.25) is 0 Å².